The standard InChI is InChI=1S/C10H17NO/c1-2-3-6-11-7-8-12-9-10-4-5-10/h1,10-11H,3-9H2. The summed E-state index contributed by atoms with van der Waals surface area (Å²) in [5.74, 6) is 3.45. The van der Waals surface area contributed by atoms with E-state index in [1.807, 2.05) is 0 Å². The van der Waals surface area contributed by atoms with Crippen molar-refractivity contribution in [3.8, 4) is 12.3 Å². The zero-order chi connectivity index (χ0) is 8.65. The largest absolute Gasteiger partial charge is 0.380 e. The highest BCUT2D eigenvalue weighted by atomic mass is 16.5. The molecule has 0 radical (unpaired) electrons. The van der Waals surface area contributed by atoms with Gasteiger partial charge >= 0.3 is 0 Å². The van der Waals surface area contributed by atoms with Crippen molar-refractivity contribution in [2.24, 2.45) is 5.92 Å². The minimum absolute atomic E-state index is 0.808. The monoisotopic (exact) mass is 167 g/mol. The first-order valence-corrected chi connectivity index (χ1v) is 4.65. The van der Waals surface area contributed by atoms with E-state index in [0.717, 1.165) is 38.6 Å². The second-order valence-corrected chi connectivity index (χ2v) is 3.22. The van der Waals surface area contributed by atoms with Crippen molar-refractivity contribution < 1.29 is 4.74 Å². The second kappa shape index (κ2) is 6.05. The van der Waals surface area contributed by atoms with Crippen molar-refractivity contribution in [2.75, 3.05) is 26.3 Å². The summed E-state index contributed by atoms with van der Waals surface area (Å²) in [6.07, 6.45) is 8.64. The van der Waals surface area contributed by atoms with E-state index in [1.54, 1.807) is 0 Å². The van der Waals surface area contributed by atoms with Crippen LogP contribution in [0.15, 0.2) is 0 Å². The van der Waals surface area contributed by atoms with Gasteiger partial charge in [-0.15, -0.1) is 12.3 Å². The third-order valence-corrected chi connectivity index (χ3v) is 1.92. The van der Waals surface area contributed by atoms with Gasteiger partial charge in [0.2, 0.25) is 0 Å². The van der Waals surface area contributed by atoms with Crippen molar-refractivity contribution >= 4 is 0 Å². The molecule has 2 heteroatoms. The van der Waals surface area contributed by atoms with Crippen LogP contribution in [0.2, 0.25) is 0 Å². The third-order valence-electron chi connectivity index (χ3n) is 1.92. The van der Waals surface area contributed by atoms with Gasteiger partial charge in [0.15, 0.2) is 0 Å². The van der Waals surface area contributed by atoms with E-state index in [-0.39, 0.29) is 0 Å². The highest BCUT2D eigenvalue weighted by Gasteiger charge is 2.20. The zero-order valence-electron chi connectivity index (χ0n) is 7.51. The maximum absolute atomic E-state index is 5.42. The summed E-state index contributed by atoms with van der Waals surface area (Å²) in [5.41, 5.74) is 0. The normalized spacial score (nSPS) is 15.9. The van der Waals surface area contributed by atoms with Crippen LogP contribution < -0.4 is 5.32 Å². The molecule has 0 bridgehead atoms. The molecular weight excluding hydrogens is 150 g/mol. The van der Waals surface area contributed by atoms with Crippen molar-refractivity contribution in [3.05, 3.63) is 0 Å². The smallest absolute Gasteiger partial charge is 0.0591 e. The van der Waals surface area contributed by atoms with Gasteiger partial charge < -0.3 is 10.1 Å². The molecular formula is C10H17NO. The van der Waals surface area contributed by atoms with Crippen LogP contribution in [0.4, 0.5) is 0 Å². The number of ether oxygens (including phenoxy) is 1. The Morgan fingerprint density at radius 3 is 2.92 bits per heavy atom. The van der Waals surface area contributed by atoms with Gasteiger partial charge in [0.1, 0.15) is 0 Å². The maximum Gasteiger partial charge on any atom is 0.0591 e. The molecule has 1 fully saturated rings. The molecule has 1 rings (SSSR count). The van der Waals surface area contributed by atoms with E-state index in [4.69, 9.17) is 11.2 Å². The first-order chi connectivity index (χ1) is 5.93. The topological polar surface area (TPSA) is 21.3 Å². The lowest BCUT2D eigenvalue weighted by Gasteiger charge is -2.03. The molecule has 0 unspecified atom stereocenters. The van der Waals surface area contributed by atoms with Crippen molar-refractivity contribution in [1.29, 1.82) is 0 Å². The average Bonchev–Trinajstić information content (AvgIpc) is 2.87. The van der Waals surface area contributed by atoms with Crippen molar-refractivity contribution in [3.63, 3.8) is 0 Å². The molecule has 1 aliphatic rings. The summed E-state index contributed by atoms with van der Waals surface area (Å²) in [6.45, 7) is 3.61. The molecule has 0 aromatic rings. The Hall–Kier alpha value is -0.520. The first-order valence-electron chi connectivity index (χ1n) is 4.65. The molecule has 1 aliphatic carbocycles. The molecule has 2 nitrogen and oxygen atoms in total. The summed E-state index contributed by atoms with van der Waals surface area (Å²) in [4.78, 5) is 0. The molecule has 0 aliphatic heterocycles. The quantitative estimate of drug-likeness (QED) is 0.451. The molecule has 1 saturated carbocycles. The van der Waals surface area contributed by atoms with E-state index in [9.17, 15) is 0 Å². The predicted octanol–water partition coefficient (Wildman–Crippen LogP) is 1.03. The molecule has 1 N–H and O–H groups in total. The summed E-state index contributed by atoms with van der Waals surface area (Å²) in [5, 5.41) is 3.21. The first kappa shape index (κ1) is 9.57. The number of hydrogen-bond acceptors (Lipinski definition) is 2. The van der Waals surface area contributed by atoms with Gasteiger partial charge in [-0.1, -0.05) is 0 Å². The van der Waals surface area contributed by atoms with E-state index in [2.05, 4.69) is 11.2 Å². The molecule has 0 amide bonds. The van der Waals surface area contributed by atoms with Crippen LogP contribution in [0.1, 0.15) is 19.3 Å². The van der Waals surface area contributed by atoms with Gasteiger partial charge in [-0.25, -0.2) is 0 Å². The lowest BCUT2D eigenvalue weighted by Crippen LogP contribution is -2.20. The van der Waals surface area contributed by atoms with Gasteiger partial charge in [0.25, 0.3) is 0 Å². The van der Waals surface area contributed by atoms with Crippen LogP contribution in [0.25, 0.3) is 0 Å². The predicted molar refractivity (Wildman–Crippen MR) is 49.9 cm³/mol. The fourth-order valence-electron chi connectivity index (χ4n) is 0.964. The highest BCUT2D eigenvalue weighted by Crippen LogP contribution is 2.28. The molecule has 68 valence electrons. The SMILES string of the molecule is C#CCCNCCOCC1CC1. The number of terminal acetylenes is 1. The van der Waals surface area contributed by atoms with Gasteiger partial charge in [-0.05, 0) is 18.8 Å². The van der Waals surface area contributed by atoms with Crippen LogP contribution in [-0.4, -0.2) is 26.3 Å². The lowest BCUT2D eigenvalue weighted by molar-refractivity contribution is 0.126. The molecule has 0 heterocycles. The van der Waals surface area contributed by atoms with Crippen LogP contribution >= 0.6 is 0 Å². The highest BCUT2D eigenvalue weighted by molar-refractivity contribution is 4.83. The molecule has 0 spiro atoms. The van der Waals surface area contributed by atoms with Crippen LogP contribution in [0.3, 0.4) is 0 Å². The summed E-state index contributed by atoms with van der Waals surface area (Å²) < 4.78 is 5.42. The Bertz CT molecular complexity index is 146. The van der Waals surface area contributed by atoms with E-state index < -0.39 is 0 Å². The van der Waals surface area contributed by atoms with Crippen LogP contribution in [0.5, 0.6) is 0 Å². The number of hydrogen-bond donors (Lipinski definition) is 1. The lowest BCUT2D eigenvalue weighted by atomic mass is 10.4. The Labute approximate surface area is 74.7 Å². The Kier molecular flexibility index (Phi) is 4.82. The van der Waals surface area contributed by atoms with Gasteiger partial charge in [0, 0.05) is 26.1 Å². The second-order valence-electron chi connectivity index (χ2n) is 3.22. The maximum atomic E-state index is 5.42. The van der Waals surface area contributed by atoms with E-state index in [0.29, 0.717) is 0 Å². The number of nitrogens with one attached hydrogen (secondary N) is 1. The Morgan fingerprint density at radius 2 is 2.25 bits per heavy atom. The molecule has 0 aromatic heterocycles. The fourth-order valence-corrected chi connectivity index (χ4v) is 0.964. The fraction of sp³-hybridized carbons (Fsp3) is 0.800. The Balaban J connectivity index is 1.68. The van der Waals surface area contributed by atoms with E-state index in [1.165, 1.54) is 12.8 Å². The summed E-state index contributed by atoms with van der Waals surface area (Å²) in [7, 11) is 0. The zero-order valence-corrected chi connectivity index (χ0v) is 7.51. The summed E-state index contributed by atoms with van der Waals surface area (Å²) >= 11 is 0. The van der Waals surface area contributed by atoms with Gasteiger partial charge in [-0.2, -0.15) is 0 Å². The van der Waals surface area contributed by atoms with Crippen LogP contribution in [0, 0.1) is 18.3 Å². The Morgan fingerprint density at radius 1 is 1.42 bits per heavy atom. The van der Waals surface area contributed by atoms with Gasteiger partial charge in [0.05, 0.1) is 6.61 Å². The van der Waals surface area contributed by atoms with Crippen molar-refractivity contribution in [2.45, 2.75) is 19.3 Å². The molecule has 12 heavy (non-hydrogen) atoms. The number of rotatable bonds is 7. The summed E-state index contributed by atoms with van der Waals surface area (Å²) in [6, 6.07) is 0. The average molecular weight is 167 g/mol. The molecule has 0 saturated heterocycles. The minimum atomic E-state index is 0.808. The van der Waals surface area contributed by atoms with Crippen LogP contribution in [-0.2, 0) is 4.74 Å². The molecule has 0 aromatic carbocycles. The minimum Gasteiger partial charge on any atom is -0.380 e. The van der Waals surface area contributed by atoms with Gasteiger partial charge in [-0.3, -0.25) is 0 Å². The third kappa shape index (κ3) is 5.17. The molecule has 0 atom stereocenters. The van der Waals surface area contributed by atoms with E-state index >= 15 is 0 Å². The van der Waals surface area contributed by atoms with Crippen molar-refractivity contribution in [1.82, 2.24) is 5.32 Å².